The van der Waals surface area contributed by atoms with Gasteiger partial charge < -0.3 is 5.73 Å². The number of unbranched alkanes of at least 4 members (excludes halogenated alkanes) is 1. The van der Waals surface area contributed by atoms with Crippen molar-refractivity contribution in [1.82, 2.24) is 4.90 Å². The largest absolute Gasteiger partial charge is 0.330 e. The zero-order chi connectivity index (χ0) is 10.4. The lowest BCUT2D eigenvalue weighted by Crippen LogP contribution is -2.34. The highest BCUT2D eigenvalue weighted by Crippen LogP contribution is 2.17. The normalized spacial score (nSPS) is 18.7. The van der Waals surface area contributed by atoms with Crippen molar-refractivity contribution in [3.63, 3.8) is 0 Å². The minimum atomic E-state index is 0.692. The summed E-state index contributed by atoms with van der Waals surface area (Å²) >= 11 is 0. The number of hydrogen-bond acceptors (Lipinski definition) is 2. The van der Waals surface area contributed by atoms with Gasteiger partial charge in [-0.15, -0.1) is 0 Å². The predicted molar refractivity (Wildman–Crippen MR) is 62.3 cm³/mol. The molecule has 2 nitrogen and oxygen atoms in total. The quantitative estimate of drug-likeness (QED) is 0.539. The van der Waals surface area contributed by atoms with Crippen LogP contribution in [0, 0.1) is 0 Å². The van der Waals surface area contributed by atoms with Gasteiger partial charge in [0.15, 0.2) is 0 Å². The zero-order valence-corrected chi connectivity index (χ0v) is 9.63. The summed E-state index contributed by atoms with van der Waals surface area (Å²) in [6.07, 6.45) is 7.39. The van der Waals surface area contributed by atoms with Crippen LogP contribution in [-0.4, -0.2) is 30.6 Å². The van der Waals surface area contributed by atoms with Crippen LogP contribution in [0.3, 0.4) is 0 Å². The van der Waals surface area contributed by atoms with E-state index in [0.29, 0.717) is 6.04 Å². The van der Waals surface area contributed by atoms with E-state index in [2.05, 4.69) is 24.8 Å². The van der Waals surface area contributed by atoms with Gasteiger partial charge in [0.05, 0.1) is 0 Å². The summed E-state index contributed by atoms with van der Waals surface area (Å²) in [5.41, 5.74) is 7.13. The Morgan fingerprint density at radius 3 is 2.71 bits per heavy atom. The molecule has 2 heteroatoms. The van der Waals surface area contributed by atoms with Crippen molar-refractivity contribution in [3.8, 4) is 0 Å². The molecular weight excluding hydrogens is 172 g/mol. The van der Waals surface area contributed by atoms with Crippen LogP contribution < -0.4 is 5.73 Å². The summed E-state index contributed by atoms with van der Waals surface area (Å²) in [5, 5.41) is 0. The highest BCUT2D eigenvalue weighted by molar-refractivity contribution is 5.07. The number of nitrogens with zero attached hydrogens (tertiary/aromatic N) is 1. The van der Waals surface area contributed by atoms with E-state index in [1.165, 1.54) is 32.2 Å². The lowest BCUT2D eigenvalue weighted by Gasteiger charge is -2.29. The van der Waals surface area contributed by atoms with Crippen LogP contribution in [0.5, 0.6) is 0 Å². The van der Waals surface area contributed by atoms with E-state index < -0.39 is 0 Å². The molecule has 0 aliphatic carbocycles. The Hall–Kier alpha value is -0.340. The maximum absolute atomic E-state index is 5.48. The summed E-state index contributed by atoms with van der Waals surface area (Å²) in [6.45, 7) is 7.77. The van der Waals surface area contributed by atoms with E-state index in [9.17, 15) is 0 Å². The van der Waals surface area contributed by atoms with Crippen molar-refractivity contribution in [1.29, 1.82) is 0 Å². The van der Waals surface area contributed by atoms with Gasteiger partial charge >= 0.3 is 0 Å². The molecule has 1 heterocycles. The van der Waals surface area contributed by atoms with E-state index in [-0.39, 0.29) is 0 Å². The van der Waals surface area contributed by atoms with Crippen molar-refractivity contribution >= 4 is 0 Å². The van der Waals surface area contributed by atoms with Crippen molar-refractivity contribution in [2.75, 3.05) is 19.6 Å². The highest BCUT2D eigenvalue weighted by Gasteiger charge is 2.13. The van der Waals surface area contributed by atoms with Crippen LogP contribution in [-0.2, 0) is 0 Å². The fraction of sp³-hybridized carbons (Fsp3) is 0.833. The third-order valence-electron chi connectivity index (χ3n) is 3.02. The fourth-order valence-corrected chi connectivity index (χ4v) is 1.92. The van der Waals surface area contributed by atoms with Gasteiger partial charge in [0, 0.05) is 19.1 Å². The molecule has 0 amide bonds. The van der Waals surface area contributed by atoms with Crippen LogP contribution in [0.25, 0.3) is 0 Å². The van der Waals surface area contributed by atoms with E-state index in [1.54, 1.807) is 5.57 Å². The average molecular weight is 196 g/mol. The topological polar surface area (TPSA) is 29.3 Å². The molecule has 0 saturated carbocycles. The summed E-state index contributed by atoms with van der Waals surface area (Å²) in [7, 11) is 0. The molecule has 0 aromatic carbocycles. The molecule has 0 atom stereocenters. The third-order valence-corrected chi connectivity index (χ3v) is 3.02. The molecule has 0 unspecified atom stereocenters. The Kier molecular flexibility index (Phi) is 5.20. The van der Waals surface area contributed by atoms with Crippen molar-refractivity contribution in [2.24, 2.45) is 5.73 Å². The van der Waals surface area contributed by atoms with Gasteiger partial charge in [-0.05, 0) is 46.1 Å². The zero-order valence-electron chi connectivity index (χ0n) is 9.63. The molecule has 0 spiro atoms. The van der Waals surface area contributed by atoms with Gasteiger partial charge in [-0.25, -0.2) is 0 Å². The Bertz CT molecular complexity index is 185. The molecule has 0 saturated heterocycles. The van der Waals surface area contributed by atoms with Crippen LogP contribution in [0.2, 0.25) is 0 Å². The lowest BCUT2D eigenvalue weighted by atomic mass is 10.0. The molecule has 1 aliphatic rings. The summed E-state index contributed by atoms with van der Waals surface area (Å²) in [6, 6.07) is 0.692. The maximum atomic E-state index is 5.48. The van der Waals surface area contributed by atoms with Crippen LogP contribution >= 0.6 is 0 Å². The number of hydrogen-bond donors (Lipinski definition) is 1. The number of rotatable bonds is 5. The Morgan fingerprint density at radius 1 is 1.43 bits per heavy atom. The highest BCUT2D eigenvalue weighted by atomic mass is 15.1. The lowest BCUT2D eigenvalue weighted by molar-refractivity contribution is 0.237. The number of nitrogens with two attached hydrogens (primary N) is 1. The van der Waals surface area contributed by atoms with E-state index in [1.807, 2.05) is 0 Å². The smallest absolute Gasteiger partial charge is 0.0168 e. The second-order valence-electron chi connectivity index (χ2n) is 4.45. The molecule has 2 N–H and O–H groups in total. The molecule has 82 valence electrons. The Balaban J connectivity index is 2.23. The van der Waals surface area contributed by atoms with Crippen molar-refractivity contribution < 1.29 is 0 Å². The summed E-state index contributed by atoms with van der Waals surface area (Å²) in [4.78, 5) is 2.52. The van der Waals surface area contributed by atoms with Gasteiger partial charge in [-0.2, -0.15) is 0 Å². The average Bonchev–Trinajstić information content (AvgIpc) is 2.19. The van der Waals surface area contributed by atoms with Gasteiger partial charge in [-0.1, -0.05) is 11.6 Å². The summed E-state index contributed by atoms with van der Waals surface area (Å²) in [5.74, 6) is 0. The van der Waals surface area contributed by atoms with Gasteiger partial charge in [0.25, 0.3) is 0 Å². The van der Waals surface area contributed by atoms with E-state index in [4.69, 9.17) is 5.73 Å². The first-order valence-electron chi connectivity index (χ1n) is 5.86. The molecule has 1 rings (SSSR count). The standard InChI is InChI=1S/C12H24N2/c1-11(2)14-9-6-12(7-10-14)5-3-4-8-13/h6,11H,3-5,7-10,13H2,1-2H3. The van der Waals surface area contributed by atoms with Gasteiger partial charge in [0.1, 0.15) is 0 Å². The summed E-state index contributed by atoms with van der Waals surface area (Å²) < 4.78 is 0. The Labute approximate surface area is 88.2 Å². The van der Waals surface area contributed by atoms with Crippen LogP contribution in [0.4, 0.5) is 0 Å². The van der Waals surface area contributed by atoms with E-state index >= 15 is 0 Å². The maximum Gasteiger partial charge on any atom is 0.0168 e. The monoisotopic (exact) mass is 196 g/mol. The first-order chi connectivity index (χ1) is 6.74. The minimum absolute atomic E-state index is 0.692. The van der Waals surface area contributed by atoms with Gasteiger partial charge in [0.2, 0.25) is 0 Å². The second kappa shape index (κ2) is 6.20. The first-order valence-corrected chi connectivity index (χ1v) is 5.86. The molecule has 14 heavy (non-hydrogen) atoms. The molecular formula is C12H24N2. The molecule has 0 fully saturated rings. The fourth-order valence-electron chi connectivity index (χ4n) is 1.92. The Morgan fingerprint density at radius 2 is 2.21 bits per heavy atom. The molecule has 1 aliphatic heterocycles. The van der Waals surface area contributed by atoms with Crippen molar-refractivity contribution in [3.05, 3.63) is 11.6 Å². The first kappa shape index (κ1) is 11.7. The molecule has 0 aromatic heterocycles. The minimum Gasteiger partial charge on any atom is -0.330 e. The predicted octanol–water partition coefficient (Wildman–Crippen LogP) is 2.16. The van der Waals surface area contributed by atoms with Crippen LogP contribution in [0.1, 0.15) is 39.5 Å². The molecule has 0 bridgehead atoms. The van der Waals surface area contributed by atoms with Gasteiger partial charge in [-0.3, -0.25) is 4.90 Å². The molecule has 0 radical (unpaired) electrons. The second-order valence-corrected chi connectivity index (χ2v) is 4.45. The van der Waals surface area contributed by atoms with Crippen LogP contribution in [0.15, 0.2) is 11.6 Å². The van der Waals surface area contributed by atoms with Crippen molar-refractivity contribution in [2.45, 2.75) is 45.6 Å². The SMILES string of the molecule is CC(C)N1CC=C(CCCCN)CC1. The molecule has 0 aromatic rings. The third kappa shape index (κ3) is 3.81. The van der Waals surface area contributed by atoms with E-state index in [0.717, 1.165) is 13.1 Å².